The summed E-state index contributed by atoms with van der Waals surface area (Å²) < 4.78 is 5.02. The van der Waals surface area contributed by atoms with E-state index in [1.807, 2.05) is 30.3 Å². The van der Waals surface area contributed by atoms with Gasteiger partial charge in [-0.25, -0.2) is 4.98 Å². The minimum Gasteiger partial charge on any atom is -0.481 e. The number of benzene rings is 2. The fourth-order valence-corrected chi connectivity index (χ4v) is 3.24. The van der Waals surface area contributed by atoms with E-state index in [1.54, 1.807) is 54.9 Å². The molecule has 2 heterocycles. The van der Waals surface area contributed by atoms with Gasteiger partial charge in [0.25, 0.3) is 11.8 Å². The van der Waals surface area contributed by atoms with Crippen molar-refractivity contribution >= 4 is 17.5 Å². The number of ether oxygens (including phenoxy) is 1. The van der Waals surface area contributed by atoms with Crippen LogP contribution in [-0.2, 0) is 6.54 Å². The van der Waals surface area contributed by atoms with Crippen molar-refractivity contribution < 1.29 is 19.4 Å². The fourth-order valence-electron chi connectivity index (χ4n) is 3.24. The highest BCUT2D eigenvalue weighted by Gasteiger charge is 2.10. The number of hydrogen-bond donors (Lipinski definition) is 3. The summed E-state index contributed by atoms with van der Waals surface area (Å²) >= 11 is 0. The summed E-state index contributed by atoms with van der Waals surface area (Å²) in [6.07, 6.45) is 5.00. The summed E-state index contributed by atoms with van der Waals surface area (Å²) in [4.78, 5) is 33.2. The quantitative estimate of drug-likeness (QED) is 0.377. The number of aliphatic hydroxyl groups excluding tert-OH is 1. The van der Waals surface area contributed by atoms with Gasteiger partial charge in [-0.1, -0.05) is 24.3 Å². The molecule has 4 rings (SSSR count). The highest BCUT2D eigenvalue weighted by molar-refractivity contribution is 6.04. The van der Waals surface area contributed by atoms with E-state index in [4.69, 9.17) is 9.84 Å². The van der Waals surface area contributed by atoms with Crippen LogP contribution in [0.3, 0.4) is 0 Å². The van der Waals surface area contributed by atoms with Gasteiger partial charge < -0.3 is 20.5 Å². The van der Waals surface area contributed by atoms with Gasteiger partial charge in [0.15, 0.2) is 0 Å². The number of methoxy groups -OCH3 is 1. The minimum absolute atomic E-state index is 0.185. The average molecular weight is 471 g/mol. The highest BCUT2D eigenvalue weighted by atomic mass is 16.5. The van der Waals surface area contributed by atoms with Gasteiger partial charge >= 0.3 is 0 Å². The molecule has 0 saturated carbocycles. The third kappa shape index (κ3) is 6.96. The zero-order valence-corrected chi connectivity index (χ0v) is 19.4. The Kier molecular flexibility index (Phi) is 9.04. The van der Waals surface area contributed by atoms with E-state index >= 15 is 0 Å². The largest absolute Gasteiger partial charge is 0.481 e. The van der Waals surface area contributed by atoms with Crippen molar-refractivity contribution in [2.75, 3.05) is 19.5 Å². The van der Waals surface area contributed by atoms with E-state index < -0.39 is 0 Å². The number of aliphatic hydroxyl groups is 1. The molecule has 35 heavy (non-hydrogen) atoms. The van der Waals surface area contributed by atoms with Gasteiger partial charge in [-0.05, 0) is 59.2 Å². The molecular weight excluding hydrogens is 444 g/mol. The molecule has 0 bridgehead atoms. The molecule has 178 valence electrons. The number of anilines is 1. The number of nitrogens with zero attached hydrogens (tertiary/aromatic N) is 2. The first kappa shape index (κ1) is 25.1. The Morgan fingerprint density at radius 3 is 2.23 bits per heavy atom. The molecule has 0 spiro atoms. The van der Waals surface area contributed by atoms with Crippen molar-refractivity contribution in [2.45, 2.75) is 6.54 Å². The third-order valence-electron chi connectivity index (χ3n) is 5.01. The van der Waals surface area contributed by atoms with Crippen LogP contribution in [0.1, 0.15) is 26.3 Å². The first-order valence-corrected chi connectivity index (χ1v) is 10.8. The van der Waals surface area contributed by atoms with Gasteiger partial charge in [-0.3, -0.25) is 14.6 Å². The van der Waals surface area contributed by atoms with Crippen molar-refractivity contribution in [3.63, 3.8) is 0 Å². The lowest BCUT2D eigenvalue weighted by Crippen LogP contribution is -2.23. The molecule has 4 aromatic rings. The van der Waals surface area contributed by atoms with Gasteiger partial charge in [0, 0.05) is 43.2 Å². The van der Waals surface area contributed by atoms with E-state index in [0.717, 1.165) is 23.8 Å². The van der Waals surface area contributed by atoms with Crippen LogP contribution in [-0.4, -0.2) is 41.1 Å². The SMILES string of the molecule is CO.COc1ccc(NC(=O)c2cccc(CNC(=O)c3ccc(-c4ccncc4)cc3)c2)cn1. The molecule has 0 radical (unpaired) electrons. The lowest BCUT2D eigenvalue weighted by molar-refractivity contribution is 0.0950. The molecule has 0 aliphatic carbocycles. The zero-order chi connectivity index (χ0) is 25.0. The highest BCUT2D eigenvalue weighted by Crippen LogP contribution is 2.19. The van der Waals surface area contributed by atoms with Crippen LogP contribution >= 0.6 is 0 Å². The lowest BCUT2D eigenvalue weighted by Gasteiger charge is -2.09. The van der Waals surface area contributed by atoms with Crippen molar-refractivity contribution in [2.24, 2.45) is 0 Å². The number of rotatable bonds is 7. The number of carbonyl (C=O) groups is 2. The van der Waals surface area contributed by atoms with Gasteiger partial charge in [0.1, 0.15) is 0 Å². The van der Waals surface area contributed by atoms with Crippen molar-refractivity contribution in [3.05, 3.63) is 108 Å². The van der Waals surface area contributed by atoms with Crippen molar-refractivity contribution in [1.82, 2.24) is 15.3 Å². The molecule has 2 aromatic heterocycles. The first-order valence-electron chi connectivity index (χ1n) is 10.8. The Balaban J connectivity index is 0.00000167. The summed E-state index contributed by atoms with van der Waals surface area (Å²) in [5.74, 6) is 0.0232. The van der Waals surface area contributed by atoms with Crippen LogP contribution in [0.5, 0.6) is 5.88 Å². The third-order valence-corrected chi connectivity index (χ3v) is 5.01. The van der Waals surface area contributed by atoms with Crippen LogP contribution in [0.4, 0.5) is 5.69 Å². The molecule has 3 N–H and O–H groups in total. The Morgan fingerprint density at radius 2 is 1.57 bits per heavy atom. The number of amides is 2. The molecule has 2 amide bonds. The zero-order valence-electron chi connectivity index (χ0n) is 19.4. The van der Waals surface area contributed by atoms with Gasteiger partial charge in [-0.2, -0.15) is 0 Å². The van der Waals surface area contributed by atoms with Crippen LogP contribution < -0.4 is 15.4 Å². The molecule has 0 fully saturated rings. The van der Waals surface area contributed by atoms with Crippen LogP contribution in [0, 0.1) is 0 Å². The first-order chi connectivity index (χ1) is 17.1. The van der Waals surface area contributed by atoms with Crippen LogP contribution in [0.25, 0.3) is 11.1 Å². The lowest BCUT2D eigenvalue weighted by atomic mass is 10.0. The predicted molar refractivity (Wildman–Crippen MR) is 134 cm³/mol. The number of pyridine rings is 2. The molecule has 0 unspecified atom stereocenters. The number of aromatic nitrogens is 2. The summed E-state index contributed by atoms with van der Waals surface area (Å²) in [6.45, 7) is 0.302. The standard InChI is InChI=1S/C26H22N4O3.CH4O/c1-33-24-10-9-23(17-28-24)30-26(32)22-4-2-3-18(15-22)16-29-25(31)21-7-5-19(6-8-21)20-11-13-27-14-12-20;1-2/h2-15,17H,16H2,1H3,(H,29,31)(H,30,32);2H,1H3. The van der Waals surface area contributed by atoms with Gasteiger partial charge in [0.2, 0.25) is 5.88 Å². The summed E-state index contributed by atoms with van der Waals surface area (Å²) in [6, 6.07) is 21.7. The van der Waals surface area contributed by atoms with Crippen LogP contribution in [0.2, 0.25) is 0 Å². The molecule has 0 atom stereocenters. The Morgan fingerprint density at radius 1 is 0.857 bits per heavy atom. The van der Waals surface area contributed by atoms with E-state index in [9.17, 15) is 9.59 Å². The Hall–Kier alpha value is -4.56. The maximum Gasteiger partial charge on any atom is 0.255 e. The number of carbonyl (C=O) groups excluding carboxylic acids is 2. The maximum absolute atomic E-state index is 12.6. The smallest absolute Gasteiger partial charge is 0.255 e. The second kappa shape index (κ2) is 12.6. The Bertz CT molecular complexity index is 1240. The van der Waals surface area contributed by atoms with E-state index in [1.165, 1.54) is 13.3 Å². The van der Waals surface area contributed by atoms with Gasteiger partial charge in [-0.15, -0.1) is 0 Å². The Labute approximate surface area is 203 Å². The van der Waals surface area contributed by atoms with Gasteiger partial charge in [0.05, 0.1) is 19.0 Å². The summed E-state index contributed by atoms with van der Waals surface area (Å²) in [7, 11) is 2.53. The molecule has 2 aromatic carbocycles. The van der Waals surface area contributed by atoms with Crippen LogP contribution in [0.15, 0.2) is 91.4 Å². The van der Waals surface area contributed by atoms with E-state index in [0.29, 0.717) is 29.2 Å². The normalized spacial score (nSPS) is 9.91. The second-order valence-corrected chi connectivity index (χ2v) is 7.24. The van der Waals surface area contributed by atoms with Crippen molar-refractivity contribution in [1.29, 1.82) is 0 Å². The molecule has 8 heteroatoms. The number of hydrogen-bond acceptors (Lipinski definition) is 6. The predicted octanol–water partition coefficient (Wildman–Crippen LogP) is 3.94. The molecule has 0 saturated heterocycles. The monoisotopic (exact) mass is 470 g/mol. The summed E-state index contributed by atoms with van der Waals surface area (Å²) in [5, 5.41) is 12.7. The van der Waals surface area contributed by atoms with E-state index in [2.05, 4.69) is 20.6 Å². The molecule has 8 nitrogen and oxygen atoms in total. The summed E-state index contributed by atoms with van der Waals surface area (Å²) in [5.41, 5.74) is 4.48. The minimum atomic E-state index is -0.262. The van der Waals surface area contributed by atoms with E-state index in [-0.39, 0.29) is 11.8 Å². The molecular formula is C27H26N4O4. The fraction of sp³-hybridized carbons (Fsp3) is 0.111. The van der Waals surface area contributed by atoms with Crippen molar-refractivity contribution in [3.8, 4) is 17.0 Å². The number of nitrogens with one attached hydrogen (secondary N) is 2. The topological polar surface area (TPSA) is 113 Å². The maximum atomic E-state index is 12.6. The average Bonchev–Trinajstić information content (AvgIpc) is 2.94. The second-order valence-electron chi connectivity index (χ2n) is 7.24. The molecule has 0 aliphatic rings. The molecule has 0 aliphatic heterocycles.